The molecule has 0 spiro atoms. The zero-order valence-corrected chi connectivity index (χ0v) is 12.4. The molecule has 1 aromatic carbocycles. The van der Waals surface area contributed by atoms with Gasteiger partial charge < -0.3 is 11.1 Å². The Kier molecular flexibility index (Phi) is 4.24. The van der Waals surface area contributed by atoms with E-state index in [1.54, 1.807) is 24.4 Å². The van der Waals surface area contributed by atoms with Crippen molar-refractivity contribution in [2.75, 3.05) is 5.32 Å². The molecule has 1 aromatic heterocycles. The van der Waals surface area contributed by atoms with Crippen LogP contribution >= 0.6 is 35.4 Å². The third kappa shape index (κ3) is 3.35. The maximum Gasteiger partial charge on any atom is 0.140 e. The summed E-state index contributed by atoms with van der Waals surface area (Å²) in [4.78, 5) is 4.54. The molecule has 98 valence electrons. The van der Waals surface area contributed by atoms with E-state index in [0.717, 1.165) is 11.3 Å². The Labute approximate surface area is 126 Å². The minimum atomic E-state index is 0.293. The zero-order chi connectivity index (χ0) is 14.0. The topological polar surface area (TPSA) is 50.9 Å². The Morgan fingerprint density at radius 2 is 1.89 bits per heavy atom. The molecular weight excluding hydrogens is 301 g/mol. The van der Waals surface area contributed by atoms with Crippen LogP contribution in [-0.4, -0.2) is 9.97 Å². The molecule has 0 atom stereocenters. The first kappa shape index (κ1) is 14.1. The number of pyridine rings is 1. The standard InChI is InChI=1S/C13H11Cl2N3S/c1-7-2-3-17-13(11(7)12(16)19)18-10-5-8(14)4-9(15)6-10/h2-6H,1H3,(H2,16,19)(H,17,18). The summed E-state index contributed by atoms with van der Waals surface area (Å²) in [5.74, 6) is 0.589. The van der Waals surface area contributed by atoms with E-state index in [9.17, 15) is 0 Å². The van der Waals surface area contributed by atoms with Gasteiger partial charge in [0.05, 0.1) is 5.56 Å². The summed E-state index contributed by atoms with van der Waals surface area (Å²) in [5, 5.41) is 4.21. The molecule has 0 aliphatic heterocycles. The van der Waals surface area contributed by atoms with E-state index < -0.39 is 0 Å². The smallest absolute Gasteiger partial charge is 0.140 e. The summed E-state index contributed by atoms with van der Waals surface area (Å²) in [5.41, 5.74) is 8.13. The van der Waals surface area contributed by atoms with Gasteiger partial charge in [-0.05, 0) is 36.8 Å². The van der Waals surface area contributed by atoms with Crippen molar-refractivity contribution in [1.29, 1.82) is 0 Å². The van der Waals surface area contributed by atoms with E-state index in [4.69, 9.17) is 41.2 Å². The molecule has 2 rings (SSSR count). The predicted octanol–water partition coefficient (Wildman–Crippen LogP) is 4.07. The Morgan fingerprint density at radius 1 is 1.26 bits per heavy atom. The van der Waals surface area contributed by atoms with Gasteiger partial charge in [0.1, 0.15) is 10.8 Å². The molecule has 3 nitrogen and oxygen atoms in total. The van der Waals surface area contributed by atoms with Crippen LogP contribution < -0.4 is 11.1 Å². The summed E-state index contributed by atoms with van der Waals surface area (Å²) in [6.07, 6.45) is 1.69. The van der Waals surface area contributed by atoms with Gasteiger partial charge in [-0.25, -0.2) is 4.98 Å². The van der Waals surface area contributed by atoms with E-state index in [2.05, 4.69) is 10.3 Å². The predicted molar refractivity (Wildman–Crippen MR) is 84.6 cm³/mol. The number of anilines is 2. The van der Waals surface area contributed by atoms with Gasteiger partial charge in [-0.1, -0.05) is 35.4 Å². The SMILES string of the molecule is Cc1ccnc(Nc2cc(Cl)cc(Cl)c2)c1C(N)=S. The Balaban J connectivity index is 2.43. The van der Waals surface area contributed by atoms with Crippen LogP contribution in [0.1, 0.15) is 11.1 Å². The van der Waals surface area contributed by atoms with Crippen LogP contribution in [0.15, 0.2) is 30.5 Å². The molecule has 6 heteroatoms. The fraction of sp³-hybridized carbons (Fsp3) is 0.0769. The minimum absolute atomic E-state index is 0.293. The lowest BCUT2D eigenvalue weighted by Gasteiger charge is -2.12. The molecule has 1 heterocycles. The molecule has 3 N–H and O–H groups in total. The first-order valence-corrected chi connectivity index (χ1v) is 6.62. The Bertz CT molecular complexity index is 624. The summed E-state index contributed by atoms with van der Waals surface area (Å²) in [6.45, 7) is 1.92. The minimum Gasteiger partial charge on any atom is -0.389 e. The molecule has 0 saturated carbocycles. The number of nitrogens with two attached hydrogens (primary N) is 1. The van der Waals surface area contributed by atoms with Gasteiger partial charge in [-0.3, -0.25) is 0 Å². The molecule has 0 amide bonds. The van der Waals surface area contributed by atoms with Crippen molar-refractivity contribution in [2.45, 2.75) is 6.92 Å². The number of nitrogens with one attached hydrogen (secondary N) is 1. The van der Waals surface area contributed by atoms with Gasteiger partial charge in [-0.15, -0.1) is 0 Å². The van der Waals surface area contributed by atoms with Gasteiger partial charge in [0, 0.05) is 21.9 Å². The molecule has 0 bridgehead atoms. The molecule has 0 radical (unpaired) electrons. The third-order valence-electron chi connectivity index (χ3n) is 2.53. The average molecular weight is 312 g/mol. The second-order valence-electron chi connectivity index (χ2n) is 4.00. The molecule has 19 heavy (non-hydrogen) atoms. The van der Waals surface area contributed by atoms with Crippen LogP contribution in [0.3, 0.4) is 0 Å². The number of hydrogen-bond acceptors (Lipinski definition) is 3. The lowest BCUT2D eigenvalue weighted by molar-refractivity contribution is 1.26. The maximum atomic E-state index is 5.95. The summed E-state index contributed by atoms with van der Waals surface area (Å²) in [7, 11) is 0. The highest BCUT2D eigenvalue weighted by Gasteiger charge is 2.10. The van der Waals surface area contributed by atoms with Crippen LogP contribution in [0, 0.1) is 6.92 Å². The summed E-state index contributed by atoms with van der Waals surface area (Å²) < 4.78 is 0. The average Bonchev–Trinajstić information content (AvgIpc) is 2.26. The van der Waals surface area contributed by atoms with Crippen molar-refractivity contribution in [2.24, 2.45) is 5.73 Å². The quantitative estimate of drug-likeness (QED) is 0.839. The van der Waals surface area contributed by atoms with Gasteiger partial charge >= 0.3 is 0 Å². The number of benzene rings is 1. The summed E-state index contributed by atoms with van der Waals surface area (Å²) in [6, 6.07) is 7.01. The van der Waals surface area contributed by atoms with Gasteiger partial charge in [-0.2, -0.15) is 0 Å². The zero-order valence-electron chi connectivity index (χ0n) is 10.1. The first-order valence-electron chi connectivity index (χ1n) is 5.46. The van der Waals surface area contributed by atoms with Crippen LogP contribution in [-0.2, 0) is 0 Å². The van der Waals surface area contributed by atoms with E-state index in [0.29, 0.717) is 26.4 Å². The molecule has 0 saturated heterocycles. The molecule has 0 unspecified atom stereocenters. The normalized spacial score (nSPS) is 10.3. The number of aromatic nitrogens is 1. The van der Waals surface area contributed by atoms with Crippen molar-refractivity contribution in [3.05, 3.63) is 51.6 Å². The Morgan fingerprint density at radius 3 is 2.47 bits per heavy atom. The number of halogens is 2. The fourth-order valence-corrected chi connectivity index (χ4v) is 2.51. The third-order valence-corrected chi connectivity index (χ3v) is 3.17. The molecular formula is C13H11Cl2N3S. The van der Waals surface area contributed by atoms with Crippen molar-refractivity contribution in [1.82, 2.24) is 4.98 Å². The van der Waals surface area contributed by atoms with Crippen LogP contribution in [0.5, 0.6) is 0 Å². The fourth-order valence-electron chi connectivity index (χ4n) is 1.73. The number of nitrogens with zero attached hydrogens (tertiary/aromatic N) is 1. The van der Waals surface area contributed by atoms with Crippen molar-refractivity contribution >= 4 is 51.9 Å². The van der Waals surface area contributed by atoms with Crippen LogP contribution in [0.2, 0.25) is 10.0 Å². The summed E-state index contributed by atoms with van der Waals surface area (Å²) >= 11 is 17.0. The number of thiocarbonyl (C=S) groups is 1. The lowest BCUT2D eigenvalue weighted by Crippen LogP contribution is -2.14. The van der Waals surface area contributed by atoms with E-state index >= 15 is 0 Å². The lowest BCUT2D eigenvalue weighted by atomic mass is 10.1. The molecule has 2 aromatic rings. The van der Waals surface area contributed by atoms with E-state index in [1.807, 2.05) is 13.0 Å². The van der Waals surface area contributed by atoms with Gasteiger partial charge in [0.25, 0.3) is 0 Å². The van der Waals surface area contributed by atoms with Crippen molar-refractivity contribution < 1.29 is 0 Å². The maximum absolute atomic E-state index is 5.95. The van der Waals surface area contributed by atoms with Gasteiger partial charge in [0.15, 0.2) is 0 Å². The number of hydrogen-bond donors (Lipinski definition) is 2. The Hall–Kier alpha value is -1.36. The first-order chi connectivity index (χ1) is 8.97. The highest BCUT2D eigenvalue weighted by Crippen LogP contribution is 2.26. The highest BCUT2D eigenvalue weighted by atomic mass is 35.5. The monoisotopic (exact) mass is 311 g/mol. The second kappa shape index (κ2) is 5.74. The number of rotatable bonds is 3. The molecule has 0 fully saturated rings. The highest BCUT2D eigenvalue weighted by molar-refractivity contribution is 7.80. The van der Waals surface area contributed by atoms with Crippen LogP contribution in [0.4, 0.5) is 11.5 Å². The second-order valence-corrected chi connectivity index (χ2v) is 5.31. The van der Waals surface area contributed by atoms with E-state index in [-0.39, 0.29) is 0 Å². The van der Waals surface area contributed by atoms with Crippen molar-refractivity contribution in [3.63, 3.8) is 0 Å². The van der Waals surface area contributed by atoms with E-state index in [1.165, 1.54) is 0 Å². The van der Waals surface area contributed by atoms with Crippen LogP contribution in [0.25, 0.3) is 0 Å². The molecule has 0 aliphatic rings. The number of aryl methyl sites for hydroxylation is 1. The molecule has 0 aliphatic carbocycles. The van der Waals surface area contributed by atoms with Gasteiger partial charge in [0.2, 0.25) is 0 Å². The largest absolute Gasteiger partial charge is 0.389 e. The van der Waals surface area contributed by atoms with Crippen molar-refractivity contribution in [3.8, 4) is 0 Å².